The molecule has 1 saturated heterocycles. The zero-order valence-corrected chi connectivity index (χ0v) is 18.8. The molecule has 1 fully saturated rings. The largest absolute Gasteiger partial charge is 0.493 e. The molecule has 1 aliphatic rings. The molecule has 0 spiro atoms. The van der Waals surface area contributed by atoms with Crippen LogP contribution in [0.15, 0.2) is 54.6 Å². The number of ether oxygens (including phenoxy) is 2. The Morgan fingerprint density at radius 1 is 1.27 bits per heavy atom. The molecule has 0 saturated carbocycles. The lowest BCUT2D eigenvalue weighted by Gasteiger charge is -2.29. The van der Waals surface area contributed by atoms with E-state index in [9.17, 15) is 14.0 Å². The van der Waals surface area contributed by atoms with Crippen LogP contribution in [0.2, 0.25) is 0 Å². The quantitative estimate of drug-likeness (QED) is 0.199. The first-order valence-corrected chi connectivity index (χ1v) is 10.1. The number of hydrogen-bond donors (Lipinski definition) is 1. The van der Waals surface area contributed by atoms with Crippen LogP contribution in [0.5, 0.6) is 11.5 Å². The fourth-order valence-electron chi connectivity index (χ4n) is 2.75. The highest BCUT2D eigenvalue weighted by Gasteiger charge is 2.34. The van der Waals surface area contributed by atoms with Gasteiger partial charge in [-0.3, -0.25) is 19.8 Å². The third kappa shape index (κ3) is 4.51. The lowest BCUT2D eigenvalue weighted by atomic mass is 10.1. The lowest BCUT2D eigenvalue weighted by Crippen LogP contribution is -2.54. The van der Waals surface area contributed by atoms with Crippen LogP contribution in [-0.4, -0.2) is 30.6 Å². The van der Waals surface area contributed by atoms with Gasteiger partial charge in [0.2, 0.25) is 0 Å². The minimum Gasteiger partial charge on any atom is -0.493 e. The highest BCUT2D eigenvalue weighted by atomic mass is 127. The zero-order chi connectivity index (χ0) is 21.8. The van der Waals surface area contributed by atoms with Gasteiger partial charge in [-0.05, 0) is 82.8 Å². The summed E-state index contributed by atoms with van der Waals surface area (Å²) >= 11 is 7.22. The second-order valence-electron chi connectivity index (χ2n) is 6.07. The topological polar surface area (TPSA) is 67.9 Å². The van der Waals surface area contributed by atoms with E-state index in [2.05, 4.69) is 34.5 Å². The molecule has 6 nitrogen and oxygen atoms in total. The average Bonchev–Trinajstić information content (AvgIpc) is 2.71. The smallest absolute Gasteiger partial charge is 0.270 e. The summed E-state index contributed by atoms with van der Waals surface area (Å²) in [6.45, 7) is 3.92. The van der Waals surface area contributed by atoms with Gasteiger partial charge in [0.25, 0.3) is 11.8 Å². The Morgan fingerprint density at radius 3 is 2.60 bits per heavy atom. The third-order valence-corrected chi connectivity index (χ3v) is 5.18. The summed E-state index contributed by atoms with van der Waals surface area (Å²) in [6, 6.07) is 8.65. The van der Waals surface area contributed by atoms with Crippen LogP contribution < -0.4 is 19.7 Å². The van der Waals surface area contributed by atoms with Crippen LogP contribution in [0.1, 0.15) is 5.56 Å². The Bertz CT molecular complexity index is 1070. The second-order valence-corrected chi connectivity index (χ2v) is 7.62. The van der Waals surface area contributed by atoms with E-state index in [-0.39, 0.29) is 10.7 Å². The van der Waals surface area contributed by atoms with Crippen LogP contribution in [-0.2, 0) is 9.59 Å². The monoisotopic (exact) mass is 538 g/mol. The van der Waals surface area contributed by atoms with Crippen LogP contribution in [0.3, 0.4) is 0 Å². The van der Waals surface area contributed by atoms with Crippen molar-refractivity contribution in [3.05, 3.63) is 69.6 Å². The first kappa shape index (κ1) is 21.9. The van der Waals surface area contributed by atoms with Crippen molar-refractivity contribution >= 4 is 63.5 Å². The van der Waals surface area contributed by atoms with Gasteiger partial charge in [0.15, 0.2) is 16.6 Å². The van der Waals surface area contributed by atoms with E-state index in [1.165, 1.54) is 37.5 Å². The predicted octanol–water partition coefficient (Wildman–Crippen LogP) is 3.84. The molecule has 0 aliphatic carbocycles. The number of methoxy groups -OCH3 is 1. The van der Waals surface area contributed by atoms with Crippen molar-refractivity contribution < 1.29 is 23.5 Å². The molecule has 0 atom stereocenters. The summed E-state index contributed by atoms with van der Waals surface area (Å²) in [5.74, 6) is -0.700. The molecule has 0 unspecified atom stereocenters. The molecular formula is C21H16FIN2O4S. The minimum absolute atomic E-state index is 0.0749. The molecule has 1 N–H and O–H groups in total. The van der Waals surface area contributed by atoms with E-state index in [1.807, 2.05) is 0 Å². The lowest BCUT2D eigenvalue weighted by molar-refractivity contribution is -0.122. The van der Waals surface area contributed by atoms with Gasteiger partial charge in [0.1, 0.15) is 18.0 Å². The zero-order valence-electron chi connectivity index (χ0n) is 15.8. The highest BCUT2D eigenvalue weighted by molar-refractivity contribution is 14.1. The van der Waals surface area contributed by atoms with Gasteiger partial charge in [-0.1, -0.05) is 12.7 Å². The van der Waals surface area contributed by atoms with E-state index in [0.717, 1.165) is 8.47 Å². The van der Waals surface area contributed by atoms with Gasteiger partial charge in [-0.2, -0.15) is 0 Å². The number of nitrogens with zero attached hydrogens (tertiary/aromatic N) is 1. The molecule has 9 heteroatoms. The molecule has 3 rings (SSSR count). The Labute approximate surface area is 191 Å². The molecular weight excluding hydrogens is 522 g/mol. The third-order valence-electron chi connectivity index (χ3n) is 4.09. The van der Waals surface area contributed by atoms with Crippen molar-refractivity contribution in [1.82, 2.24) is 5.32 Å². The van der Waals surface area contributed by atoms with Gasteiger partial charge >= 0.3 is 0 Å². The Balaban J connectivity index is 2.01. The summed E-state index contributed by atoms with van der Waals surface area (Å²) < 4.78 is 25.0. The average molecular weight is 538 g/mol. The van der Waals surface area contributed by atoms with Crippen LogP contribution in [0.25, 0.3) is 6.08 Å². The van der Waals surface area contributed by atoms with E-state index in [4.69, 9.17) is 21.7 Å². The molecule has 2 amide bonds. The van der Waals surface area contributed by atoms with Crippen molar-refractivity contribution in [2.24, 2.45) is 0 Å². The number of amides is 2. The normalized spacial score (nSPS) is 15.2. The fraction of sp³-hybridized carbons (Fsp3) is 0.0952. The Kier molecular flexibility index (Phi) is 6.83. The minimum atomic E-state index is -0.621. The molecule has 0 radical (unpaired) electrons. The number of carbonyl (C=O) groups excluding carboxylic acids is 2. The fourth-order valence-corrected chi connectivity index (χ4v) is 3.82. The number of carbonyl (C=O) groups is 2. The van der Waals surface area contributed by atoms with E-state index < -0.39 is 17.6 Å². The molecule has 154 valence electrons. The number of benzene rings is 2. The maximum atomic E-state index is 13.2. The standard InChI is InChI=1S/C21H16FIN2O4S/c1-3-8-29-18-16(23)10-12(11-17(18)28-2)9-15-19(26)24-21(30)25(20(15)27)14-6-4-13(22)5-7-14/h3-7,9-11H,1,8H2,2H3,(H,24,26,30)/b15-9+. The summed E-state index contributed by atoms with van der Waals surface area (Å²) in [5, 5.41) is 2.42. The number of anilines is 1. The number of halogens is 2. The number of rotatable bonds is 6. The van der Waals surface area contributed by atoms with Gasteiger partial charge in [0.05, 0.1) is 16.4 Å². The van der Waals surface area contributed by atoms with Gasteiger partial charge in [-0.25, -0.2) is 4.39 Å². The predicted molar refractivity (Wildman–Crippen MR) is 124 cm³/mol. The van der Waals surface area contributed by atoms with E-state index in [0.29, 0.717) is 29.4 Å². The van der Waals surface area contributed by atoms with Crippen molar-refractivity contribution in [3.8, 4) is 11.5 Å². The number of nitrogens with one attached hydrogen (secondary N) is 1. The molecule has 1 aliphatic heterocycles. The summed E-state index contributed by atoms with van der Waals surface area (Å²) in [7, 11) is 1.50. The van der Waals surface area contributed by atoms with Gasteiger partial charge < -0.3 is 9.47 Å². The SMILES string of the molecule is C=CCOc1c(I)cc(/C=C2\C(=O)NC(=S)N(c3ccc(F)cc3)C2=O)cc1OC. The second kappa shape index (κ2) is 9.35. The maximum Gasteiger partial charge on any atom is 0.270 e. The van der Waals surface area contributed by atoms with E-state index >= 15 is 0 Å². The Hall–Kier alpha value is -2.79. The highest BCUT2D eigenvalue weighted by Crippen LogP contribution is 2.35. The summed E-state index contributed by atoms with van der Waals surface area (Å²) in [4.78, 5) is 26.6. The molecule has 1 heterocycles. The van der Waals surface area contributed by atoms with Crippen molar-refractivity contribution in [1.29, 1.82) is 0 Å². The molecule has 2 aromatic carbocycles. The number of thiocarbonyl (C=S) groups is 1. The first-order valence-electron chi connectivity index (χ1n) is 8.64. The molecule has 30 heavy (non-hydrogen) atoms. The Morgan fingerprint density at radius 2 is 1.97 bits per heavy atom. The van der Waals surface area contributed by atoms with Crippen LogP contribution >= 0.6 is 34.8 Å². The van der Waals surface area contributed by atoms with Crippen molar-refractivity contribution in [2.45, 2.75) is 0 Å². The summed E-state index contributed by atoms with van der Waals surface area (Å²) in [6.07, 6.45) is 3.06. The summed E-state index contributed by atoms with van der Waals surface area (Å²) in [5.41, 5.74) is 0.788. The molecule has 0 bridgehead atoms. The number of hydrogen-bond acceptors (Lipinski definition) is 5. The van der Waals surface area contributed by atoms with E-state index in [1.54, 1.807) is 18.2 Å². The van der Waals surface area contributed by atoms with Crippen LogP contribution in [0.4, 0.5) is 10.1 Å². The van der Waals surface area contributed by atoms with Crippen LogP contribution in [0, 0.1) is 9.39 Å². The molecule has 0 aromatic heterocycles. The van der Waals surface area contributed by atoms with Gasteiger partial charge in [0, 0.05) is 0 Å². The van der Waals surface area contributed by atoms with Crippen molar-refractivity contribution in [2.75, 3.05) is 18.6 Å². The van der Waals surface area contributed by atoms with Gasteiger partial charge in [-0.15, -0.1) is 0 Å². The molecule has 2 aromatic rings. The van der Waals surface area contributed by atoms with Crippen molar-refractivity contribution in [3.63, 3.8) is 0 Å². The first-order chi connectivity index (χ1) is 14.3. The maximum absolute atomic E-state index is 13.2.